The van der Waals surface area contributed by atoms with Crippen LogP contribution in [0.3, 0.4) is 0 Å². The van der Waals surface area contributed by atoms with Crippen molar-refractivity contribution in [2.24, 2.45) is 5.41 Å². The van der Waals surface area contributed by atoms with Gasteiger partial charge in [-0.2, -0.15) is 0 Å². The van der Waals surface area contributed by atoms with Gasteiger partial charge in [0.2, 0.25) is 0 Å². The van der Waals surface area contributed by atoms with Gasteiger partial charge in [0, 0.05) is 12.7 Å². The van der Waals surface area contributed by atoms with E-state index in [-0.39, 0.29) is 29.7 Å². The van der Waals surface area contributed by atoms with Crippen LogP contribution in [0.25, 0.3) is 11.1 Å². The van der Waals surface area contributed by atoms with Gasteiger partial charge in [0.15, 0.2) is 0 Å². The van der Waals surface area contributed by atoms with Crippen LogP contribution in [0.15, 0.2) is 54.6 Å². The van der Waals surface area contributed by atoms with Gasteiger partial charge in [-0.05, 0) is 88.4 Å². The molecular formula is C33H41FO5. The first-order valence-corrected chi connectivity index (χ1v) is 13.6. The summed E-state index contributed by atoms with van der Waals surface area (Å²) in [7, 11) is 3.23. The standard InChI is InChI=1S/C31H35FO5.C2H6/c1-31(2,3)30(36-5)27-14-19(6-12-24(27)26-16-22(35-4)11-13-28(26)32)18-37-23-10-9-20-7-8-21(15-29(33)34)25(20)17-23;1-2/h6,9-14,16-17,21,30H,7-8,15,18H2,1-5H3,(H,33,34);1-2H3. The first kappa shape index (κ1) is 30.2. The molecule has 0 bridgehead atoms. The monoisotopic (exact) mass is 536 g/mol. The third-order valence-electron chi connectivity index (χ3n) is 7.03. The summed E-state index contributed by atoms with van der Waals surface area (Å²) in [5.41, 5.74) is 5.02. The maximum absolute atomic E-state index is 15.0. The first-order chi connectivity index (χ1) is 18.6. The summed E-state index contributed by atoms with van der Waals surface area (Å²) < 4.78 is 32.4. The van der Waals surface area contributed by atoms with E-state index in [9.17, 15) is 14.3 Å². The molecule has 0 saturated carbocycles. The van der Waals surface area contributed by atoms with Crippen molar-refractivity contribution in [1.29, 1.82) is 0 Å². The summed E-state index contributed by atoms with van der Waals surface area (Å²) in [6, 6.07) is 16.6. The number of ether oxygens (including phenoxy) is 3. The molecule has 0 aliphatic heterocycles. The zero-order valence-electron chi connectivity index (χ0n) is 24.1. The summed E-state index contributed by atoms with van der Waals surface area (Å²) >= 11 is 0. The highest BCUT2D eigenvalue weighted by Gasteiger charge is 2.30. The number of hydrogen-bond acceptors (Lipinski definition) is 4. The van der Waals surface area contributed by atoms with E-state index in [0.717, 1.165) is 35.1 Å². The normalized spacial score (nSPS) is 15.1. The number of hydrogen-bond donors (Lipinski definition) is 1. The van der Waals surface area contributed by atoms with E-state index in [4.69, 9.17) is 14.2 Å². The summed E-state index contributed by atoms with van der Waals surface area (Å²) in [6.07, 6.45) is 1.59. The Balaban J connectivity index is 0.00000205. The minimum atomic E-state index is -0.782. The topological polar surface area (TPSA) is 65.0 Å². The molecule has 0 aromatic heterocycles. The Morgan fingerprint density at radius 1 is 1.00 bits per heavy atom. The summed E-state index contributed by atoms with van der Waals surface area (Å²) in [4.78, 5) is 11.3. The third-order valence-corrected chi connectivity index (χ3v) is 7.03. The Bertz CT molecular complexity index is 1280. The molecule has 2 unspecified atom stereocenters. The van der Waals surface area contributed by atoms with Gasteiger partial charge >= 0.3 is 5.97 Å². The van der Waals surface area contributed by atoms with E-state index in [1.54, 1.807) is 26.4 Å². The lowest BCUT2D eigenvalue weighted by Gasteiger charge is -2.32. The molecule has 0 spiro atoms. The molecule has 6 heteroatoms. The van der Waals surface area contributed by atoms with Gasteiger partial charge < -0.3 is 19.3 Å². The van der Waals surface area contributed by atoms with Gasteiger partial charge in [0.05, 0.1) is 19.6 Å². The van der Waals surface area contributed by atoms with E-state index in [1.165, 1.54) is 11.6 Å². The van der Waals surface area contributed by atoms with Crippen LogP contribution in [-0.4, -0.2) is 25.3 Å². The number of carboxylic acids is 1. The number of carboxylic acid groups (broad SMARTS) is 1. The summed E-state index contributed by atoms with van der Waals surface area (Å²) in [5, 5.41) is 9.25. The zero-order valence-corrected chi connectivity index (χ0v) is 24.1. The van der Waals surface area contributed by atoms with Gasteiger partial charge in [-0.1, -0.05) is 52.8 Å². The molecular weight excluding hydrogens is 495 g/mol. The number of benzene rings is 3. The third kappa shape index (κ3) is 7.18. The summed E-state index contributed by atoms with van der Waals surface area (Å²) in [6.45, 7) is 10.6. The number of aliphatic carboxylic acids is 1. The van der Waals surface area contributed by atoms with Crippen LogP contribution in [0.4, 0.5) is 4.39 Å². The van der Waals surface area contributed by atoms with Crippen molar-refractivity contribution in [3.8, 4) is 22.6 Å². The van der Waals surface area contributed by atoms with Crippen LogP contribution < -0.4 is 9.47 Å². The quantitative estimate of drug-likeness (QED) is 0.298. The largest absolute Gasteiger partial charge is 0.497 e. The number of aryl methyl sites for hydroxylation is 1. The fourth-order valence-corrected chi connectivity index (χ4v) is 5.29. The van der Waals surface area contributed by atoms with Crippen LogP contribution in [0.5, 0.6) is 11.5 Å². The second-order valence-electron chi connectivity index (χ2n) is 10.7. The highest BCUT2D eigenvalue weighted by molar-refractivity contribution is 5.71. The maximum Gasteiger partial charge on any atom is 0.303 e. The van der Waals surface area contributed by atoms with E-state index >= 15 is 0 Å². The number of carbonyl (C=O) groups is 1. The molecule has 210 valence electrons. The second kappa shape index (κ2) is 13.1. The van der Waals surface area contributed by atoms with Gasteiger partial charge in [0.1, 0.15) is 23.9 Å². The van der Waals surface area contributed by atoms with Crippen molar-refractivity contribution in [1.82, 2.24) is 0 Å². The molecule has 0 fully saturated rings. The van der Waals surface area contributed by atoms with Crippen LogP contribution in [0, 0.1) is 11.2 Å². The van der Waals surface area contributed by atoms with Gasteiger partial charge in [-0.25, -0.2) is 4.39 Å². The number of rotatable bonds is 9. The lowest BCUT2D eigenvalue weighted by Crippen LogP contribution is -2.21. The molecule has 4 rings (SSSR count). The predicted octanol–water partition coefficient (Wildman–Crippen LogP) is 8.34. The minimum Gasteiger partial charge on any atom is -0.497 e. The molecule has 3 aromatic rings. The molecule has 2 atom stereocenters. The Morgan fingerprint density at radius 3 is 2.36 bits per heavy atom. The Labute approximate surface area is 231 Å². The fraction of sp³-hybridized carbons (Fsp3) is 0.424. The minimum absolute atomic E-state index is 0.0222. The van der Waals surface area contributed by atoms with Crippen LogP contribution in [0.1, 0.15) is 81.7 Å². The van der Waals surface area contributed by atoms with Crippen molar-refractivity contribution in [3.63, 3.8) is 0 Å². The number of methoxy groups -OCH3 is 2. The van der Waals surface area contributed by atoms with E-state index in [1.807, 2.05) is 50.2 Å². The molecule has 0 radical (unpaired) electrons. The Kier molecular flexibility index (Phi) is 10.1. The molecule has 1 aliphatic rings. The van der Waals surface area contributed by atoms with Crippen LogP contribution >= 0.6 is 0 Å². The predicted molar refractivity (Wildman–Crippen MR) is 153 cm³/mol. The Morgan fingerprint density at radius 2 is 1.72 bits per heavy atom. The number of fused-ring (bicyclic) bond motifs is 1. The van der Waals surface area contributed by atoms with Gasteiger partial charge in [-0.3, -0.25) is 4.79 Å². The first-order valence-electron chi connectivity index (χ1n) is 13.6. The molecule has 0 amide bonds. The molecule has 3 aromatic carbocycles. The lowest BCUT2D eigenvalue weighted by atomic mass is 9.81. The van der Waals surface area contributed by atoms with Gasteiger partial charge in [-0.15, -0.1) is 0 Å². The second-order valence-corrected chi connectivity index (χ2v) is 10.7. The van der Waals surface area contributed by atoms with Crippen molar-refractivity contribution in [2.75, 3.05) is 14.2 Å². The molecule has 5 nitrogen and oxygen atoms in total. The van der Waals surface area contributed by atoms with Gasteiger partial charge in [0.25, 0.3) is 0 Å². The fourth-order valence-electron chi connectivity index (χ4n) is 5.29. The van der Waals surface area contributed by atoms with Crippen molar-refractivity contribution in [2.45, 2.75) is 72.5 Å². The van der Waals surface area contributed by atoms with Crippen LogP contribution in [-0.2, 0) is 22.6 Å². The number of halogens is 1. The van der Waals surface area contributed by atoms with Crippen molar-refractivity contribution in [3.05, 3.63) is 82.7 Å². The lowest BCUT2D eigenvalue weighted by molar-refractivity contribution is -0.137. The SMILES string of the molecule is CC.COc1ccc(F)c(-c2ccc(COc3ccc4c(c3)C(CC(=O)O)CC4)cc2C(OC)C(C)(C)C)c1. The van der Waals surface area contributed by atoms with E-state index < -0.39 is 5.97 Å². The summed E-state index contributed by atoms with van der Waals surface area (Å²) in [5.74, 6) is 0.200. The van der Waals surface area contributed by atoms with Crippen molar-refractivity contribution >= 4 is 5.97 Å². The average molecular weight is 537 g/mol. The molecule has 0 heterocycles. The molecule has 1 aliphatic carbocycles. The maximum atomic E-state index is 15.0. The van der Waals surface area contributed by atoms with Crippen molar-refractivity contribution < 1.29 is 28.5 Å². The van der Waals surface area contributed by atoms with E-state index in [0.29, 0.717) is 23.7 Å². The zero-order chi connectivity index (χ0) is 28.7. The van der Waals surface area contributed by atoms with E-state index in [2.05, 4.69) is 20.8 Å². The average Bonchev–Trinajstić information content (AvgIpc) is 3.30. The highest BCUT2D eigenvalue weighted by Crippen LogP contribution is 2.42. The molecule has 1 N–H and O–H groups in total. The Hall–Kier alpha value is -3.38. The molecule has 0 saturated heterocycles. The smallest absolute Gasteiger partial charge is 0.303 e. The van der Waals surface area contributed by atoms with Crippen LogP contribution in [0.2, 0.25) is 0 Å². The highest BCUT2D eigenvalue weighted by atomic mass is 19.1. The molecule has 39 heavy (non-hydrogen) atoms.